The third-order valence-corrected chi connectivity index (χ3v) is 1.36. The van der Waals surface area contributed by atoms with Crippen LogP contribution in [-0.2, 0) is 0 Å². The lowest BCUT2D eigenvalue weighted by Gasteiger charge is -1.97. The molecule has 64 valence electrons. The van der Waals surface area contributed by atoms with Crippen LogP contribution in [0.3, 0.4) is 0 Å². The third-order valence-electron chi connectivity index (χ3n) is 1.36. The van der Waals surface area contributed by atoms with Crippen LogP contribution in [0.5, 0.6) is 5.75 Å². The minimum atomic E-state index is -0.00540. The van der Waals surface area contributed by atoms with Gasteiger partial charge in [0.2, 0.25) is 0 Å². The Hall–Kier alpha value is -1.55. The van der Waals surface area contributed by atoms with Crippen molar-refractivity contribution >= 4 is 11.9 Å². The van der Waals surface area contributed by atoms with Gasteiger partial charge in [-0.1, -0.05) is 12.2 Å². The number of aromatic nitrogens is 1. The van der Waals surface area contributed by atoms with E-state index < -0.39 is 0 Å². The van der Waals surface area contributed by atoms with Crippen molar-refractivity contribution in [2.24, 2.45) is 5.73 Å². The van der Waals surface area contributed by atoms with E-state index in [0.29, 0.717) is 6.54 Å². The first-order valence-electron chi connectivity index (χ1n) is 3.55. The predicted octanol–water partition coefficient (Wildman–Crippen LogP) is 0.341. The van der Waals surface area contributed by atoms with Crippen molar-refractivity contribution in [1.29, 1.82) is 0 Å². The number of nitrogens with zero attached hydrogens (tertiary/aromatic N) is 1. The van der Waals surface area contributed by atoms with Gasteiger partial charge in [0.05, 0.1) is 0 Å². The second kappa shape index (κ2) is 3.73. The molecule has 4 nitrogen and oxygen atoms in total. The first kappa shape index (κ1) is 8.55. The van der Waals surface area contributed by atoms with E-state index in [4.69, 9.17) is 16.6 Å². The fourth-order valence-electron chi connectivity index (χ4n) is 0.775. The van der Waals surface area contributed by atoms with E-state index in [1.165, 1.54) is 6.07 Å². The maximum absolute atomic E-state index is 9.15. The van der Waals surface area contributed by atoms with Crippen LogP contribution in [0.2, 0.25) is 0 Å². The molecule has 1 aromatic rings. The maximum atomic E-state index is 9.15. The Bertz CT molecular complexity index is 296. The summed E-state index contributed by atoms with van der Waals surface area (Å²) in [5.41, 5.74) is 11.3. The number of hydrogen-bond donors (Lipinski definition) is 3. The summed E-state index contributed by atoms with van der Waals surface area (Å²) in [5, 5.41) is 9.15. The van der Waals surface area contributed by atoms with Crippen LogP contribution in [0.25, 0.3) is 6.08 Å². The van der Waals surface area contributed by atoms with Crippen molar-refractivity contribution in [1.82, 2.24) is 4.98 Å². The van der Waals surface area contributed by atoms with Crippen LogP contribution in [0.4, 0.5) is 5.82 Å². The van der Waals surface area contributed by atoms with Crippen molar-refractivity contribution in [3.63, 3.8) is 0 Å². The van der Waals surface area contributed by atoms with Gasteiger partial charge in [0.25, 0.3) is 0 Å². The van der Waals surface area contributed by atoms with Gasteiger partial charge in [0.15, 0.2) is 11.6 Å². The van der Waals surface area contributed by atoms with Crippen molar-refractivity contribution < 1.29 is 5.11 Å². The molecule has 1 heterocycles. The molecule has 0 bridgehead atoms. The van der Waals surface area contributed by atoms with Gasteiger partial charge in [0, 0.05) is 12.7 Å². The van der Waals surface area contributed by atoms with E-state index in [9.17, 15) is 0 Å². The van der Waals surface area contributed by atoms with E-state index >= 15 is 0 Å². The summed E-state index contributed by atoms with van der Waals surface area (Å²) < 4.78 is 0. The highest BCUT2D eigenvalue weighted by molar-refractivity contribution is 5.55. The lowest BCUT2D eigenvalue weighted by Crippen LogP contribution is -1.93. The van der Waals surface area contributed by atoms with Gasteiger partial charge in [-0.25, -0.2) is 4.98 Å². The average molecular weight is 165 g/mol. The summed E-state index contributed by atoms with van der Waals surface area (Å²) >= 11 is 0. The Labute approximate surface area is 70.5 Å². The van der Waals surface area contributed by atoms with E-state index in [-0.39, 0.29) is 11.6 Å². The van der Waals surface area contributed by atoms with Gasteiger partial charge in [0.1, 0.15) is 0 Å². The zero-order valence-corrected chi connectivity index (χ0v) is 6.57. The lowest BCUT2D eigenvalue weighted by molar-refractivity contribution is 0.475. The maximum Gasteiger partial charge on any atom is 0.165 e. The standard InChI is InChI=1S/C8H11N3O/c9-3-1-2-6-4-7(12)8(10)11-5-6/h1-2,4-5,12H,3,9H2,(H2,10,11). The quantitative estimate of drug-likeness (QED) is 0.590. The molecule has 0 aliphatic heterocycles. The Morgan fingerprint density at radius 2 is 2.33 bits per heavy atom. The molecule has 0 fully saturated rings. The molecule has 0 unspecified atom stereocenters. The number of nitrogens with two attached hydrogens (primary N) is 2. The van der Waals surface area contributed by atoms with Crippen molar-refractivity contribution in [3.05, 3.63) is 23.9 Å². The molecule has 5 N–H and O–H groups in total. The fourth-order valence-corrected chi connectivity index (χ4v) is 0.775. The summed E-state index contributed by atoms with van der Waals surface area (Å²) in [5.74, 6) is 0.133. The minimum Gasteiger partial charge on any atom is -0.504 e. The lowest BCUT2D eigenvalue weighted by atomic mass is 10.2. The highest BCUT2D eigenvalue weighted by Crippen LogP contribution is 2.17. The van der Waals surface area contributed by atoms with Crippen LogP contribution in [0.1, 0.15) is 5.56 Å². The average Bonchev–Trinajstić information content (AvgIpc) is 2.07. The molecule has 0 radical (unpaired) electrons. The van der Waals surface area contributed by atoms with Crippen LogP contribution in [-0.4, -0.2) is 16.6 Å². The van der Waals surface area contributed by atoms with Gasteiger partial charge < -0.3 is 16.6 Å². The minimum absolute atomic E-state index is 0.00540. The summed E-state index contributed by atoms with van der Waals surface area (Å²) in [4.78, 5) is 3.77. The van der Waals surface area contributed by atoms with Gasteiger partial charge >= 0.3 is 0 Å². The smallest absolute Gasteiger partial charge is 0.165 e. The van der Waals surface area contributed by atoms with Crippen LogP contribution in [0.15, 0.2) is 18.3 Å². The molecule has 0 aliphatic carbocycles. The molecule has 0 spiro atoms. The number of nitrogen functional groups attached to an aromatic ring is 1. The van der Waals surface area contributed by atoms with Gasteiger partial charge in [-0.15, -0.1) is 0 Å². The highest BCUT2D eigenvalue weighted by atomic mass is 16.3. The number of pyridine rings is 1. The molecule has 0 amide bonds. The summed E-state index contributed by atoms with van der Waals surface area (Å²) in [7, 11) is 0. The van der Waals surface area contributed by atoms with Crippen molar-refractivity contribution in [2.45, 2.75) is 0 Å². The predicted molar refractivity (Wildman–Crippen MR) is 48.4 cm³/mol. The van der Waals surface area contributed by atoms with Gasteiger partial charge in [-0.05, 0) is 11.6 Å². The monoisotopic (exact) mass is 165 g/mol. The van der Waals surface area contributed by atoms with Crippen LogP contribution >= 0.6 is 0 Å². The Kier molecular flexibility index (Phi) is 2.66. The Morgan fingerprint density at radius 1 is 1.58 bits per heavy atom. The molecular formula is C8H11N3O. The van der Waals surface area contributed by atoms with E-state index in [2.05, 4.69) is 4.98 Å². The van der Waals surface area contributed by atoms with Crippen molar-refractivity contribution in [3.8, 4) is 5.75 Å². The van der Waals surface area contributed by atoms with E-state index in [1.54, 1.807) is 18.3 Å². The Balaban J connectivity index is 2.89. The zero-order valence-electron chi connectivity index (χ0n) is 6.57. The normalized spacial score (nSPS) is 10.8. The molecule has 1 aromatic heterocycles. The van der Waals surface area contributed by atoms with E-state index in [0.717, 1.165) is 5.56 Å². The first-order valence-corrected chi connectivity index (χ1v) is 3.55. The first-order chi connectivity index (χ1) is 5.74. The largest absolute Gasteiger partial charge is 0.504 e. The molecule has 0 aromatic carbocycles. The van der Waals surface area contributed by atoms with Crippen LogP contribution < -0.4 is 11.5 Å². The fraction of sp³-hybridized carbons (Fsp3) is 0.125. The molecule has 0 saturated carbocycles. The summed E-state index contributed by atoms with van der Waals surface area (Å²) in [6.45, 7) is 0.463. The SMILES string of the molecule is NCC=Cc1cnc(N)c(O)c1. The second-order valence-electron chi connectivity index (χ2n) is 2.31. The summed E-state index contributed by atoms with van der Waals surface area (Å²) in [6.07, 6.45) is 5.11. The molecule has 0 atom stereocenters. The number of rotatable bonds is 2. The van der Waals surface area contributed by atoms with E-state index in [1.807, 2.05) is 0 Å². The second-order valence-corrected chi connectivity index (χ2v) is 2.31. The molecular weight excluding hydrogens is 154 g/mol. The van der Waals surface area contributed by atoms with Gasteiger partial charge in [-0.2, -0.15) is 0 Å². The molecule has 0 saturated heterocycles. The number of hydrogen-bond acceptors (Lipinski definition) is 4. The summed E-state index contributed by atoms with van der Waals surface area (Å²) in [6, 6.07) is 1.54. The third kappa shape index (κ3) is 1.96. The zero-order chi connectivity index (χ0) is 8.97. The molecule has 12 heavy (non-hydrogen) atoms. The van der Waals surface area contributed by atoms with Crippen molar-refractivity contribution in [2.75, 3.05) is 12.3 Å². The topological polar surface area (TPSA) is 85.2 Å². The Morgan fingerprint density at radius 3 is 2.92 bits per heavy atom. The molecule has 1 rings (SSSR count). The number of anilines is 1. The number of aromatic hydroxyl groups is 1. The van der Waals surface area contributed by atoms with Crippen LogP contribution in [0, 0.1) is 0 Å². The molecule has 4 heteroatoms. The highest BCUT2D eigenvalue weighted by Gasteiger charge is 1.96. The molecule has 0 aliphatic rings. The van der Waals surface area contributed by atoms with Gasteiger partial charge in [-0.3, -0.25) is 0 Å².